The topological polar surface area (TPSA) is 41.6 Å². The number of halogens is 1. The van der Waals surface area contributed by atoms with Crippen LogP contribution in [0.5, 0.6) is 5.75 Å². The summed E-state index contributed by atoms with van der Waals surface area (Å²) in [5, 5.41) is 3.45. The van der Waals surface area contributed by atoms with E-state index in [4.69, 9.17) is 4.74 Å². The Bertz CT molecular complexity index is 955. The number of nitrogens with one attached hydrogen (secondary N) is 1. The van der Waals surface area contributed by atoms with Crippen LogP contribution in [0.25, 0.3) is 0 Å². The summed E-state index contributed by atoms with van der Waals surface area (Å²) in [6.07, 6.45) is -0.330. The fraction of sp³-hybridized carbons (Fsp3) is 0.136. The molecule has 136 valence electrons. The number of benzene rings is 3. The zero-order valence-corrected chi connectivity index (χ0v) is 14.9. The number of ether oxygens (including phenoxy) is 1. The van der Waals surface area contributed by atoms with Gasteiger partial charge >= 0.3 is 0 Å². The number of hydrogen-bond donors (Lipinski definition) is 1. The van der Waals surface area contributed by atoms with Gasteiger partial charge in [-0.2, -0.15) is 0 Å². The van der Waals surface area contributed by atoms with Gasteiger partial charge in [0.15, 0.2) is 0 Å². The predicted octanol–water partition coefficient (Wildman–Crippen LogP) is 4.60. The van der Waals surface area contributed by atoms with Crippen LogP contribution >= 0.6 is 0 Å². The molecule has 3 aromatic carbocycles. The first-order valence-corrected chi connectivity index (χ1v) is 8.70. The molecule has 1 heterocycles. The van der Waals surface area contributed by atoms with E-state index in [-0.39, 0.29) is 17.9 Å². The maximum atomic E-state index is 13.2. The monoisotopic (exact) mass is 362 g/mol. The number of amides is 1. The van der Waals surface area contributed by atoms with E-state index in [9.17, 15) is 9.18 Å². The van der Waals surface area contributed by atoms with Gasteiger partial charge in [0, 0.05) is 12.2 Å². The van der Waals surface area contributed by atoms with Crippen molar-refractivity contribution < 1.29 is 13.9 Å². The molecule has 0 radical (unpaired) electrons. The SMILES string of the molecule is COc1ccc([C@@H]2Nc3ccccc3C(=O)N2Cc2ccc(F)cc2)cc1. The van der Waals surface area contributed by atoms with Gasteiger partial charge < -0.3 is 15.0 Å². The van der Waals surface area contributed by atoms with Crippen LogP contribution in [-0.2, 0) is 6.54 Å². The molecule has 1 N–H and O–H groups in total. The lowest BCUT2D eigenvalue weighted by Gasteiger charge is -2.38. The van der Waals surface area contributed by atoms with Crippen molar-refractivity contribution in [1.29, 1.82) is 0 Å². The van der Waals surface area contributed by atoms with Crippen molar-refractivity contribution in [3.05, 3.63) is 95.3 Å². The molecule has 1 amide bonds. The number of fused-ring (bicyclic) bond motifs is 1. The molecule has 0 bridgehead atoms. The maximum absolute atomic E-state index is 13.2. The molecule has 1 aliphatic heterocycles. The molecule has 4 rings (SSSR count). The summed E-state index contributed by atoms with van der Waals surface area (Å²) in [6.45, 7) is 0.372. The van der Waals surface area contributed by atoms with Gasteiger partial charge in [-0.3, -0.25) is 4.79 Å². The Hall–Kier alpha value is -3.34. The van der Waals surface area contributed by atoms with E-state index < -0.39 is 0 Å². The molecule has 0 saturated carbocycles. The molecule has 0 saturated heterocycles. The van der Waals surface area contributed by atoms with Gasteiger partial charge in [0.05, 0.1) is 12.7 Å². The highest BCUT2D eigenvalue weighted by atomic mass is 19.1. The van der Waals surface area contributed by atoms with Crippen LogP contribution in [0.15, 0.2) is 72.8 Å². The van der Waals surface area contributed by atoms with Crippen LogP contribution in [0.4, 0.5) is 10.1 Å². The number of methoxy groups -OCH3 is 1. The van der Waals surface area contributed by atoms with Gasteiger partial charge in [-0.1, -0.05) is 36.4 Å². The average Bonchev–Trinajstić information content (AvgIpc) is 2.71. The van der Waals surface area contributed by atoms with Crippen molar-refractivity contribution in [3.63, 3.8) is 0 Å². The van der Waals surface area contributed by atoms with Crippen LogP contribution in [0.2, 0.25) is 0 Å². The number of carbonyl (C=O) groups is 1. The summed E-state index contributed by atoms with van der Waals surface area (Å²) in [5.74, 6) is 0.403. The summed E-state index contributed by atoms with van der Waals surface area (Å²) >= 11 is 0. The third-order valence-electron chi connectivity index (χ3n) is 4.72. The minimum atomic E-state index is -0.330. The molecular weight excluding hydrogens is 343 g/mol. The number of nitrogens with zero attached hydrogens (tertiary/aromatic N) is 1. The van der Waals surface area contributed by atoms with E-state index in [1.54, 1.807) is 24.1 Å². The first-order chi connectivity index (χ1) is 13.2. The Kier molecular flexibility index (Phi) is 4.50. The fourth-order valence-corrected chi connectivity index (χ4v) is 3.29. The second-order valence-corrected chi connectivity index (χ2v) is 6.43. The number of carbonyl (C=O) groups excluding carboxylic acids is 1. The van der Waals surface area contributed by atoms with Gasteiger partial charge in [-0.05, 0) is 47.5 Å². The minimum Gasteiger partial charge on any atom is -0.497 e. The highest BCUT2D eigenvalue weighted by Crippen LogP contribution is 2.34. The standard InChI is InChI=1S/C22H19FN2O2/c1-27-18-12-8-16(9-13-18)21-24-20-5-3-2-4-19(20)22(26)25(21)14-15-6-10-17(23)11-7-15/h2-13,21,24H,14H2,1H3/t21-/m1/s1. The highest BCUT2D eigenvalue weighted by molar-refractivity contribution is 6.01. The normalized spacial score (nSPS) is 15.9. The van der Waals surface area contributed by atoms with Gasteiger partial charge in [-0.25, -0.2) is 4.39 Å². The fourth-order valence-electron chi connectivity index (χ4n) is 3.29. The largest absolute Gasteiger partial charge is 0.497 e. The van der Waals surface area contributed by atoms with Crippen molar-refractivity contribution in [2.45, 2.75) is 12.7 Å². The molecule has 1 aliphatic rings. The Balaban J connectivity index is 1.72. The van der Waals surface area contributed by atoms with E-state index in [1.807, 2.05) is 48.5 Å². The average molecular weight is 362 g/mol. The van der Waals surface area contributed by atoms with Crippen molar-refractivity contribution in [1.82, 2.24) is 4.90 Å². The van der Waals surface area contributed by atoms with Crippen LogP contribution in [0, 0.1) is 5.82 Å². The summed E-state index contributed by atoms with van der Waals surface area (Å²) in [5.41, 5.74) is 3.24. The first-order valence-electron chi connectivity index (χ1n) is 8.70. The molecule has 0 spiro atoms. The number of hydrogen-bond acceptors (Lipinski definition) is 3. The zero-order chi connectivity index (χ0) is 18.8. The Morgan fingerprint density at radius 2 is 1.70 bits per heavy atom. The van der Waals surface area contributed by atoms with Crippen molar-refractivity contribution >= 4 is 11.6 Å². The lowest BCUT2D eigenvalue weighted by Crippen LogP contribution is -2.42. The Morgan fingerprint density at radius 1 is 1.00 bits per heavy atom. The van der Waals surface area contributed by atoms with Crippen LogP contribution in [0.3, 0.4) is 0 Å². The molecule has 0 unspecified atom stereocenters. The molecular formula is C22H19FN2O2. The maximum Gasteiger partial charge on any atom is 0.258 e. The number of rotatable bonds is 4. The van der Waals surface area contributed by atoms with Crippen LogP contribution in [0.1, 0.15) is 27.7 Å². The molecule has 0 aromatic heterocycles. The summed E-state index contributed by atoms with van der Waals surface area (Å²) in [4.78, 5) is 14.9. The van der Waals surface area contributed by atoms with E-state index in [2.05, 4.69) is 5.32 Å². The Morgan fingerprint density at radius 3 is 2.41 bits per heavy atom. The van der Waals surface area contributed by atoms with Crippen molar-refractivity contribution in [2.75, 3.05) is 12.4 Å². The second-order valence-electron chi connectivity index (χ2n) is 6.43. The lowest BCUT2D eigenvalue weighted by molar-refractivity contribution is 0.0666. The number of para-hydroxylation sites is 1. The van der Waals surface area contributed by atoms with E-state index in [1.165, 1.54) is 12.1 Å². The quantitative estimate of drug-likeness (QED) is 0.737. The molecule has 3 aromatic rings. The third-order valence-corrected chi connectivity index (χ3v) is 4.72. The first kappa shape index (κ1) is 17.1. The molecule has 27 heavy (non-hydrogen) atoms. The van der Waals surface area contributed by atoms with E-state index >= 15 is 0 Å². The van der Waals surface area contributed by atoms with Crippen molar-refractivity contribution in [3.8, 4) is 5.75 Å². The lowest BCUT2D eigenvalue weighted by atomic mass is 10.0. The Labute approximate surface area is 157 Å². The molecule has 5 heteroatoms. The summed E-state index contributed by atoms with van der Waals surface area (Å²) in [6, 6.07) is 21.3. The zero-order valence-electron chi connectivity index (χ0n) is 14.9. The van der Waals surface area contributed by atoms with Crippen LogP contribution < -0.4 is 10.1 Å². The van der Waals surface area contributed by atoms with Gasteiger partial charge in [0.1, 0.15) is 17.7 Å². The molecule has 4 nitrogen and oxygen atoms in total. The predicted molar refractivity (Wildman–Crippen MR) is 102 cm³/mol. The van der Waals surface area contributed by atoms with E-state index in [0.29, 0.717) is 12.1 Å². The second kappa shape index (κ2) is 7.11. The molecule has 1 atom stereocenters. The van der Waals surface area contributed by atoms with Crippen molar-refractivity contribution in [2.24, 2.45) is 0 Å². The smallest absolute Gasteiger partial charge is 0.258 e. The van der Waals surface area contributed by atoms with Gasteiger partial charge in [0.2, 0.25) is 0 Å². The van der Waals surface area contributed by atoms with Gasteiger partial charge in [-0.15, -0.1) is 0 Å². The number of anilines is 1. The summed E-state index contributed by atoms with van der Waals surface area (Å²) in [7, 11) is 1.62. The van der Waals surface area contributed by atoms with Crippen LogP contribution in [-0.4, -0.2) is 17.9 Å². The third kappa shape index (κ3) is 3.36. The minimum absolute atomic E-state index is 0.0607. The van der Waals surface area contributed by atoms with Gasteiger partial charge in [0.25, 0.3) is 5.91 Å². The highest BCUT2D eigenvalue weighted by Gasteiger charge is 2.32. The summed E-state index contributed by atoms with van der Waals surface area (Å²) < 4.78 is 18.5. The molecule has 0 fully saturated rings. The van der Waals surface area contributed by atoms with E-state index in [0.717, 1.165) is 22.6 Å². The molecule has 0 aliphatic carbocycles.